The fourth-order valence-corrected chi connectivity index (χ4v) is 1.31. The quantitative estimate of drug-likeness (QED) is 0.518. The average molecular weight is 186 g/mol. The summed E-state index contributed by atoms with van der Waals surface area (Å²) in [5, 5.41) is 6.73. The predicted octanol–water partition coefficient (Wildman–Crippen LogP) is 0.612. The third kappa shape index (κ3) is 6.99. The Bertz CT molecular complexity index is 115. The Balaban J connectivity index is 1.63. The summed E-state index contributed by atoms with van der Waals surface area (Å²) in [5.41, 5.74) is 0. The zero-order valence-corrected chi connectivity index (χ0v) is 8.64. The monoisotopic (exact) mass is 186 g/mol. The molecule has 1 aliphatic carbocycles. The van der Waals surface area contributed by atoms with Gasteiger partial charge in [0.2, 0.25) is 0 Å². The minimum absolute atomic E-state index is 0.808. The van der Waals surface area contributed by atoms with Gasteiger partial charge >= 0.3 is 0 Å². The molecule has 0 radical (unpaired) electrons. The van der Waals surface area contributed by atoms with Crippen molar-refractivity contribution in [3.8, 4) is 0 Å². The summed E-state index contributed by atoms with van der Waals surface area (Å²) in [6.07, 6.45) is 4.31. The molecule has 0 atom stereocenters. The summed E-state index contributed by atoms with van der Waals surface area (Å²) in [6, 6.07) is 0. The Morgan fingerprint density at radius 3 is 2.38 bits per heavy atom. The third-order valence-electron chi connectivity index (χ3n) is 2.39. The first-order valence-electron chi connectivity index (χ1n) is 5.34. The zero-order valence-electron chi connectivity index (χ0n) is 8.64. The first-order chi connectivity index (χ1) is 6.43. The Morgan fingerprint density at radius 2 is 1.77 bits per heavy atom. The van der Waals surface area contributed by atoms with E-state index in [9.17, 15) is 0 Å². The molecule has 0 aliphatic heterocycles. The molecule has 13 heavy (non-hydrogen) atoms. The van der Waals surface area contributed by atoms with Crippen LogP contribution < -0.4 is 10.6 Å². The summed E-state index contributed by atoms with van der Waals surface area (Å²) < 4.78 is 4.93. The number of rotatable bonds is 9. The first kappa shape index (κ1) is 11.0. The summed E-state index contributed by atoms with van der Waals surface area (Å²) in [7, 11) is 1.73. The maximum absolute atomic E-state index is 4.93. The van der Waals surface area contributed by atoms with Gasteiger partial charge in [0, 0.05) is 26.7 Å². The lowest BCUT2D eigenvalue weighted by Gasteiger charge is -2.05. The number of ether oxygens (including phenoxy) is 1. The molecule has 1 saturated carbocycles. The third-order valence-corrected chi connectivity index (χ3v) is 2.39. The van der Waals surface area contributed by atoms with Gasteiger partial charge in [0.15, 0.2) is 0 Å². The molecule has 0 aromatic carbocycles. The van der Waals surface area contributed by atoms with Crippen molar-refractivity contribution in [1.29, 1.82) is 0 Å². The molecule has 0 heterocycles. The van der Waals surface area contributed by atoms with E-state index in [1.165, 1.54) is 25.8 Å². The fraction of sp³-hybridized carbons (Fsp3) is 1.00. The molecule has 0 spiro atoms. The number of methoxy groups -OCH3 is 1. The summed E-state index contributed by atoms with van der Waals surface area (Å²) in [4.78, 5) is 0. The second-order valence-corrected chi connectivity index (χ2v) is 3.72. The van der Waals surface area contributed by atoms with Gasteiger partial charge in [-0.25, -0.2) is 0 Å². The van der Waals surface area contributed by atoms with Gasteiger partial charge in [0.25, 0.3) is 0 Å². The fourth-order valence-electron chi connectivity index (χ4n) is 1.31. The van der Waals surface area contributed by atoms with Crippen LogP contribution in [0.15, 0.2) is 0 Å². The number of nitrogens with one attached hydrogen (secondary N) is 2. The van der Waals surface area contributed by atoms with E-state index in [2.05, 4.69) is 10.6 Å². The maximum atomic E-state index is 4.93. The van der Waals surface area contributed by atoms with E-state index in [1.54, 1.807) is 7.11 Å². The van der Waals surface area contributed by atoms with Crippen LogP contribution in [-0.2, 0) is 4.74 Å². The second kappa shape index (κ2) is 7.30. The van der Waals surface area contributed by atoms with Crippen molar-refractivity contribution in [1.82, 2.24) is 10.6 Å². The lowest BCUT2D eigenvalue weighted by atomic mass is 10.3. The smallest absolute Gasteiger partial charge is 0.0587 e. The molecule has 78 valence electrons. The highest BCUT2D eigenvalue weighted by Crippen LogP contribution is 2.31. The van der Waals surface area contributed by atoms with Gasteiger partial charge in [-0.15, -0.1) is 0 Å². The lowest BCUT2D eigenvalue weighted by Crippen LogP contribution is -2.30. The molecule has 0 aromatic heterocycles. The topological polar surface area (TPSA) is 33.3 Å². The lowest BCUT2D eigenvalue weighted by molar-refractivity contribution is 0.199. The van der Waals surface area contributed by atoms with Crippen molar-refractivity contribution in [3.05, 3.63) is 0 Å². The van der Waals surface area contributed by atoms with Crippen LogP contribution in [-0.4, -0.2) is 39.9 Å². The Labute approximate surface area is 81.2 Å². The highest BCUT2D eigenvalue weighted by atomic mass is 16.5. The van der Waals surface area contributed by atoms with E-state index in [0.29, 0.717) is 0 Å². The standard InChI is InChI=1S/C10H22N2O/c1-13-9-8-12-7-6-11-5-4-10-2-3-10/h10-12H,2-9H2,1H3. The molecule has 1 fully saturated rings. The molecule has 0 aromatic rings. The van der Waals surface area contributed by atoms with Crippen LogP contribution in [0.1, 0.15) is 19.3 Å². The zero-order chi connectivity index (χ0) is 9.36. The van der Waals surface area contributed by atoms with Crippen molar-refractivity contribution < 1.29 is 4.74 Å². The second-order valence-electron chi connectivity index (χ2n) is 3.72. The maximum Gasteiger partial charge on any atom is 0.0587 e. The Kier molecular flexibility index (Phi) is 6.15. The van der Waals surface area contributed by atoms with Gasteiger partial charge in [-0.3, -0.25) is 0 Å². The molecule has 1 rings (SSSR count). The molecule has 0 unspecified atom stereocenters. The Hall–Kier alpha value is -0.120. The van der Waals surface area contributed by atoms with Crippen LogP contribution in [0, 0.1) is 5.92 Å². The molecular formula is C10H22N2O. The molecule has 3 nitrogen and oxygen atoms in total. The molecule has 3 heteroatoms. The van der Waals surface area contributed by atoms with E-state index >= 15 is 0 Å². The van der Waals surface area contributed by atoms with Crippen molar-refractivity contribution in [3.63, 3.8) is 0 Å². The SMILES string of the molecule is COCCNCCNCCC1CC1. The minimum atomic E-state index is 0.808. The van der Waals surface area contributed by atoms with Gasteiger partial charge in [-0.1, -0.05) is 12.8 Å². The van der Waals surface area contributed by atoms with Crippen molar-refractivity contribution >= 4 is 0 Å². The van der Waals surface area contributed by atoms with Crippen LogP contribution >= 0.6 is 0 Å². The largest absolute Gasteiger partial charge is 0.383 e. The van der Waals surface area contributed by atoms with Crippen molar-refractivity contribution in [2.75, 3.05) is 39.9 Å². The van der Waals surface area contributed by atoms with Crippen LogP contribution in [0.3, 0.4) is 0 Å². The molecular weight excluding hydrogens is 164 g/mol. The van der Waals surface area contributed by atoms with Gasteiger partial charge in [-0.05, 0) is 18.9 Å². The minimum Gasteiger partial charge on any atom is -0.383 e. The van der Waals surface area contributed by atoms with Crippen LogP contribution in [0.4, 0.5) is 0 Å². The molecule has 0 amide bonds. The van der Waals surface area contributed by atoms with Crippen molar-refractivity contribution in [2.45, 2.75) is 19.3 Å². The molecule has 2 N–H and O–H groups in total. The van der Waals surface area contributed by atoms with E-state index < -0.39 is 0 Å². The Morgan fingerprint density at radius 1 is 1.08 bits per heavy atom. The normalized spacial score (nSPS) is 16.4. The summed E-state index contributed by atoms with van der Waals surface area (Å²) >= 11 is 0. The van der Waals surface area contributed by atoms with Crippen molar-refractivity contribution in [2.24, 2.45) is 5.92 Å². The van der Waals surface area contributed by atoms with E-state index in [1.807, 2.05) is 0 Å². The van der Waals surface area contributed by atoms with Gasteiger partial charge in [-0.2, -0.15) is 0 Å². The van der Waals surface area contributed by atoms with Gasteiger partial charge < -0.3 is 15.4 Å². The van der Waals surface area contributed by atoms with E-state index in [4.69, 9.17) is 4.74 Å². The average Bonchev–Trinajstić information content (AvgIpc) is 2.93. The van der Waals surface area contributed by atoms with Gasteiger partial charge in [0.05, 0.1) is 6.61 Å². The molecule has 0 bridgehead atoms. The number of hydrogen-bond donors (Lipinski definition) is 2. The van der Waals surface area contributed by atoms with E-state index in [-0.39, 0.29) is 0 Å². The first-order valence-corrected chi connectivity index (χ1v) is 5.34. The van der Waals surface area contributed by atoms with Crippen LogP contribution in [0.5, 0.6) is 0 Å². The molecule has 0 saturated heterocycles. The summed E-state index contributed by atoms with van der Waals surface area (Å²) in [6.45, 7) is 5.09. The number of hydrogen-bond acceptors (Lipinski definition) is 3. The summed E-state index contributed by atoms with van der Waals surface area (Å²) in [5.74, 6) is 1.05. The van der Waals surface area contributed by atoms with Gasteiger partial charge in [0.1, 0.15) is 0 Å². The van der Waals surface area contributed by atoms with Crippen LogP contribution in [0.25, 0.3) is 0 Å². The molecule has 1 aliphatic rings. The van der Waals surface area contributed by atoms with E-state index in [0.717, 1.165) is 32.2 Å². The van der Waals surface area contributed by atoms with Crippen LogP contribution in [0.2, 0.25) is 0 Å². The highest BCUT2D eigenvalue weighted by molar-refractivity contribution is 4.73. The predicted molar refractivity (Wildman–Crippen MR) is 55.0 cm³/mol. The highest BCUT2D eigenvalue weighted by Gasteiger charge is 2.19.